The van der Waals surface area contributed by atoms with Crippen LogP contribution >= 0.6 is 0 Å². The molecule has 0 amide bonds. The highest BCUT2D eigenvalue weighted by Gasteiger charge is 2.06. The van der Waals surface area contributed by atoms with E-state index >= 15 is 0 Å². The van der Waals surface area contributed by atoms with E-state index in [0.717, 1.165) is 6.08 Å². The number of rotatable bonds is 7. The van der Waals surface area contributed by atoms with Crippen LogP contribution in [0, 0.1) is 0 Å². The lowest BCUT2D eigenvalue weighted by Crippen LogP contribution is -2.20. The van der Waals surface area contributed by atoms with E-state index in [9.17, 15) is 9.90 Å². The van der Waals surface area contributed by atoms with Crippen molar-refractivity contribution in [3.8, 4) is 5.75 Å². The van der Waals surface area contributed by atoms with E-state index < -0.39 is 12.1 Å². The van der Waals surface area contributed by atoms with Gasteiger partial charge >= 0.3 is 5.97 Å². The molecular weight excluding hydrogens is 220 g/mol. The van der Waals surface area contributed by atoms with Crippen LogP contribution in [-0.4, -0.2) is 30.4 Å². The summed E-state index contributed by atoms with van der Waals surface area (Å²) in [5, 5.41) is 9.55. The third-order valence-electron chi connectivity index (χ3n) is 2.05. The van der Waals surface area contributed by atoms with Gasteiger partial charge < -0.3 is 14.6 Å². The smallest absolute Gasteiger partial charge is 0.330 e. The minimum absolute atomic E-state index is 0.157. The Balaban J connectivity index is 2.15. The molecule has 1 rings (SSSR count). The Kier molecular flexibility index (Phi) is 5.82. The molecule has 17 heavy (non-hydrogen) atoms. The molecule has 0 aliphatic heterocycles. The fourth-order valence-corrected chi connectivity index (χ4v) is 1.15. The van der Waals surface area contributed by atoms with Crippen LogP contribution in [0.2, 0.25) is 0 Å². The summed E-state index contributed by atoms with van der Waals surface area (Å²) in [7, 11) is 0. The lowest BCUT2D eigenvalue weighted by atomic mass is 10.3. The number of hydrogen-bond acceptors (Lipinski definition) is 4. The lowest BCUT2D eigenvalue weighted by Gasteiger charge is -2.12. The molecule has 0 heterocycles. The van der Waals surface area contributed by atoms with Gasteiger partial charge in [0.2, 0.25) is 0 Å². The van der Waals surface area contributed by atoms with Crippen LogP contribution in [0.25, 0.3) is 0 Å². The summed E-state index contributed by atoms with van der Waals surface area (Å²) < 4.78 is 10.1. The minimum atomic E-state index is -0.659. The van der Waals surface area contributed by atoms with Crippen molar-refractivity contribution in [3.05, 3.63) is 43.0 Å². The van der Waals surface area contributed by atoms with Gasteiger partial charge in [0.15, 0.2) is 0 Å². The maximum Gasteiger partial charge on any atom is 0.330 e. The molecule has 1 aromatic rings. The quantitative estimate of drug-likeness (QED) is 0.576. The topological polar surface area (TPSA) is 55.8 Å². The van der Waals surface area contributed by atoms with Crippen LogP contribution in [0.3, 0.4) is 0 Å². The highest BCUT2D eigenvalue weighted by Crippen LogP contribution is 2.09. The summed E-state index contributed by atoms with van der Waals surface area (Å²) >= 11 is 0. The van der Waals surface area contributed by atoms with Crippen molar-refractivity contribution >= 4 is 5.97 Å². The van der Waals surface area contributed by atoms with E-state index in [0.29, 0.717) is 12.2 Å². The van der Waals surface area contributed by atoms with Gasteiger partial charge in [0, 0.05) is 12.5 Å². The number of aliphatic hydroxyl groups excluding tert-OH is 1. The second-order valence-electron chi connectivity index (χ2n) is 3.44. The first-order chi connectivity index (χ1) is 8.22. The molecule has 1 unspecified atom stereocenters. The molecule has 4 nitrogen and oxygen atoms in total. The molecule has 92 valence electrons. The van der Waals surface area contributed by atoms with Gasteiger partial charge in [-0.25, -0.2) is 4.79 Å². The summed E-state index contributed by atoms with van der Waals surface area (Å²) in [6.07, 6.45) is 0.770. The SMILES string of the molecule is C=CC(=O)OCCC(O)COc1ccccc1. The summed E-state index contributed by atoms with van der Waals surface area (Å²) in [4.78, 5) is 10.7. The highest BCUT2D eigenvalue weighted by atomic mass is 16.5. The number of esters is 1. The molecule has 1 aromatic carbocycles. The van der Waals surface area contributed by atoms with Gasteiger partial charge in [-0.05, 0) is 12.1 Å². The molecule has 0 fully saturated rings. The largest absolute Gasteiger partial charge is 0.491 e. The maximum absolute atomic E-state index is 10.7. The molecule has 1 atom stereocenters. The first kappa shape index (κ1) is 13.3. The summed E-state index contributed by atoms with van der Waals surface area (Å²) in [5.41, 5.74) is 0. The van der Waals surface area contributed by atoms with E-state index in [4.69, 9.17) is 9.47 Å². The van der Waals surface area contributed by atoms with Crippen molar-refractivity contribution in [2.24, 2.45) is 0 Å². The van der Waals surface area contributed by atoms with Crippen molar-refractivity contribution in [2.75, 3.05) is 13.2 Å². The van der Waals surface area contributed by atoms with Gasteiger partial charge in [-0.1, -0.05) is 24.8 Å². The Bertz CT molecular complexity index is 348. The molecule has 0 aliphatic carbocycles. The molecular formula is C13H16O4. The number of aliphatic hydroxyl groups is 1. The average Bonchev–Trinajstić information content (AvgIpc) is 2.37. The molecule has 0 saturated carbocycles. The Hall–Kier alpha value is -1.81. The van der Waals surface area contributed by atoms with Gasteiger partial charge in [0.05, 0.1) is 12.7 Å². The first-order valence-corrected chi connectivity index (χ1v) is 5.37. The van der Waals surface area contributed by atoms with Gasteiger partial charge in [0.1, 0.15) is 12.4 Å². The third-order valence-corrected chi connectivity index (χ3v) is 2.05. The average molecular weight is 236 g/mol. The van der Waals surface area contributed by atoms with Gasteiger partial charge in [-0.2, -0.15) is 0 Å². The zero-order valence-electron chi connectivity index (χ0n) is 9.54. The molecule has 0 radical (unpaired) electrons. The number of hydrogen-bond donors (Lipinski definition) is 1. The Labute approximate surface area is 100 Å². The van der Waals surface area contributed by atoms with Crippen molar-refractivity contribution in [1.29, 1.82) is 0 Å². The van der Waals surface area contributed by atoms with Crippen LogP contribution in [0.1, 0.15) is 6.42 Å². The summed E-state index contributed by atoms with van der Waals surface area (Å²) in [6, 6.07) is 9.22. The van der Waals surface area contributed by atoms with Crippen molar-refractivity contribution in [1.82, 2.24) is 0 Å². The molecule has 0 aliphatic rings. The Morgan fingerprint density at radius 2 is 2.12 bits per heavy atom. The second kappa shape index (κ2) is 7.46. The van der Waals surface area contributed by atoms with E-state index in [-0.39, 0.29) is 13.2 Å². The number of ether oxygens (including phenoxy) is 2. The molecule has 0 aromatic heterocycles. The van der Waals surface area contributed by atoms with Gasteiger partial charge in [0.25, 0.3) is 0 Å². The normalized spacial score (nSPS) is 11.6. The minimum Gasteiger partial charge on any atom is -0.491 e. The molecule has 1 N–H and O–H groups in total. The number of benzene rings is 1. The lowest BCUT2D eigenvalue weighted by molar-refractivity contribution is -0.138. The van der Waals surface area contributed by atoms with Crippen LogP contribution < -0.4 is 4.74 Å². The highest BCUT2D eigenvalue weighted by molar-refractivity contribution is 5.81. The van der Waals surface area contributed by atoms with E-state index in [1.807, 2.05) is 30.3 Å². The van der Waals surface area contributed by atoms with Crippen LogP contribution in [0.5, 0.6) is 5.75 Å². The molecule has 0 saturated heterocycles. The Morgan fingerprint density at radius 3 is 2.76 bits per heavy atom. The summed E-state index contributed by atoms with van der Waals surface area (Å²) in [6.45, 7) is 3.61. The van der Waals surface area contributed by atoms with Crippen LogP contribution in [0.4, 0.5) is 0 Å². The van der Waals surface area contributed by atoms with Gasteiger partial charge in [-0.15, -0.1) is 0 Å². The van der Waals surface area contributed by atoms with Crippen molar-refractivity contribution < 1.29 is 19.4 Å². The number of carbonyl (C=O) groups is 1. The van der Waals surface area contributed by atoms with E-state index in [1.54, 1.807) is 0 Å². The zero-order valence-corrected chi connectivity index (χ0v) is 9.54. The fourth-order valence-electron chi connectivity index (χ4n) is 1.15. The predicted octanol–water partition coefficient (Wildman–Crippen LogP) is 1.55. The first-order valence-electron chi connectivity index (χ1n) is 5.37. The zero-order chi connectivity index (χ0) is 12.5. The number of para-hydroxylation sites is 1. The van der Waals surface area contributed by atoms with Crippen molar-refractivity contribution in [2.45, 2.75) is 12.5 Å². The standard InChI is InChI=1S/C13H16O4/c1-2-13(15)16-9-8-11(14)10-17-12-6-4-3-5-7-12/h2-7,11,14H,1,8-10H2. The maximum atomic E-state index is 10.7. The molecule has 0 spiro atoms. The Morgan fingerprint density at radius 1 is 1.41 bits per heavy atom. The summed E-state index contributed by atoms with van der Waals surface area (Å²) in [5.74, 6) is 0.218. The fraction of sp³-hybridized carbons (Fsp3) is 0.308. The second-order valence-corrected chi connectivity index (χ2v) is 3.44. The molecule has 0 bridgehead atoms. The van der Waals surface area contributed by atoms with E-state index in [2.05, 4.69) is 6.58 Å². The van der Waals surface area contributed by atoms with Crippen LogP contribution in [0.15, 0.2) is 43.0 Å². The predicted molar refractivity (Wildman–Crippen MR) is 63.7 cm³/mol. The molecule has 4 heteroatoms. The number of carbonyl (C=O) groups excluding carboxylic acids is 1. The van der Waals surface area contributed by atoms with Gasteiger partial charge in [-0.3, -0.25) is 0 Å². The van der Waals surface area contributed by atoms with E-state index in [1.165, 1.54) is 0 Å². The van der Waals surface area contributed by atoms with Crippen molar-refractivity contribution in [3.63, 3.8) is 0 Å². The monoisotopic (exact) mass is 236 g/mol. The third kappa shape index (κ3) is 5.73. The van der Waals surface area contributed by atoms with Crippen LogP contribution in [-0.2, 0) is 9.53 Å².